The number of thioether (sulfide) groups is 1. The molecule has 0 bridgehead atoms. The molecule has 2 aromatic heterocycles. The summed E-state index contributed by atoms with van der Waals surface area (Å²) in [6, 6.07) is 9.33. The largest absolute Gasteiger partial charge is 0.495 e. The number of hydrogen-bond acceptors (Lipinski definition) is 7. The lowest BCUT2D eigenvalue weighted by molar-refractivity contribution is -0.114. The van der Waals surface area contributed by atoms with Crippen molar-refractivity contribution in [2.24, 2.45) is 0 Å². The summed E-state index contributed by atoms with van der Waals surface area (Å²) in [6.07, 6.45) is 4.26. The molecule has 160 valence electrons. The molecule has 0 saturated carbocycles. The van der Waals surface area contributed by atoms with Crippen molar-refractivity contribution < 1.29 is 17.9 Å². The number of nitrogens with one attached hydrogen (secondary N) is 2. The van der Waals surface area contributed by atoms with Crippen molar-refractivity contribution in [1.29, 1.82) is 0 Å². The van der Waals surface area contributed by atoms with E-state index in [9.17, 15) is 13.2 Å². The first-order valence-corrected chi connectivity index (χ1v) is 12.0. The lowest BCUT2D eigenvalue weighted by atomic mass is 10.2. The lowest BCUT2D eigenvalue weighted by Crippen LogP contribution is -2.31. The normalized spacial score (nSPS) is 12.6. The predicted molar refractivity (Wildman–Crippen MR) is 116 cm³/mol. The maximum atomic E-state index is 13.3. The molecule has 0 aliphatic carbocycles. The van der Waals surface area contributed by atoms with E-state index in [0.29, 0.717) is 23.6 Å². The zero-order valence-electron chi connectivity index (χ0n) is 16.8. The van der Waals surface area contributed by atoms with Gasteiger partial charge in [0.15, 0.2) is 11.5 Å². The third kappa shape index (κ3) is 4.91. The molecule has 0 saturated heterocycles. The van der Waals surface area contributed by atoms with Gasteiger partial charge in [-0.3, -0.25) is 9.20 Å². The fourth-order valence-electron chi connectivity index (χ4n) is 2.99. The number of fused-ring (bicyclic) bond motifs is 1. The van der Waals surface area contributed by atoms with Gasteiger partial charge in [0.2, 0.25) is 15.9 Å². The summed E-state index contributed by atoms with van der Waals surface area (Å²) >= 11 is 1.61. The van der Waals surface area contributed by atoms with Crippen molar-refractivity contribution >= 4 is 39.0 Å². The van der Waals surface area contributed by atoms with Crippen LogP contribution in [-0.4, -0.2) is 48.0 Å². The lowest BCUT2D eigenvalue weighted by Gasteiger charge is -2.19. The number of anilines is 1. The van der Waals surface area contributed by atoms with Gasteiger partial charge in [-0.05, 0) is 48.8 Å². The molecule has 1 amide bonds. The zero-order valence-corrected chi connectivity index (χ0v) is 18.5. The number of sulfonamides is 1. The van der Waals surface area contributed by atoms with Gasteiger partial charge in [-0.15, -0.1) is 10.2 Å². The van der Waals surface area contributed by atoms with Gasteiger partial charge in [0.25, 0.3) is 0 Å². The molecule has 2 N–H and O–H groups in total. The molecule has 2 heterocycles. The fourth-order valence-corrected chi connectivity index (χ4v) is 4.89. The number of methoxy groups -OCH3 is 1. The van der Waals surface area contributed by atoms with Gasteiger partial charge in [0.05, 0.1) is 13.2 Å². The van der Waals surface area contributed by atoms with Crippen LogP contribution in [-0.2, 0) is 14.8 Å². The molecular formula is C19H23N5O4S2. The number of carbonyl (C=O) groups excluding carboxylic acids is 1. The minimum Gasteiger partial charge on any atom is -0.495 e. The Hall–Kier alpha value is -2.63. The summed E-state index contributed by atoms with van der Waals surface area (Å²) in [7, 11) is -2.61. The van der Waals surface area contributed by atoms with E-state index in [1.54, 1.807) is 34.5 Å². The number of hydrogen-bond donors (Lipinski definition) is 2. The average Bonchev–Trinajstić information content (AvgIpc) is 3.14. The Bertz CT molecular complexity index is 1150. The Kier molecular flexibility index (Phi) is 6.95. The van der Waals surface area contributed by atoms with Crippen LogP contribution in [0.5, 0.6) is 5.75 Å². The molecule has 0 radical (unpaired) electrons. The summed E-state index contributed by atoms with van der Waals surface area (Å²) in [5, 5.41) is 10.9. The molecule has 0 spiro atoms. The molecule has 0 aliphatic rings. The van der Waals surface area contributed by atoms with Crippen molar-refractivity contribution in [3.8, 4) is 5.75 Å². The van der Waals surface area contributed by atoms with Crippen LogP contribution in [0.4, 0.5) is 5.69 Å². The SMILES string of the molecule is COc1ccc(NC(C)=O)cc1S(=O)(=O)N[C@@H](CCSC)c1nnc2ccccn12. The minimum absolute atomic E-state index is 0.0702. The van der Waals surface area contributed by atoms with E-state index < -0.39 is 16.1 Å². The van der Waals surface area contributed by atoms with E-state index in [-0.39, 0.29) is 16.6 Å². The molecule has 1 aromatic carbocycles. The van der Waals surface area contributed by atoms with E-state index in [4.69, 9.17) is 4.74 Å². The number of ether oxygens (including phenoxy) is 1. The van der Waals surface area contributed by atoms with Crippen LogP contribution >= 0.6 is 11.8 Å². The first-order chi connectivity index (χ1) is 14.4. The third-order valence-electron chi connectivity index (χ3n) is 4.33. The molecule has 11 heteroatoms. The van der Waals surface area contributed by atoms with Gasteiger partial charge in [0, 0.05) is 18.8 Å². The molecule has 3 rings (SSSR count). The molecule has 9 nitrogen and oxygen atoms in total. The van der Waals surface area contributed by atoms with Gasteiger partial charge in [0.1, 0.15) is 10.6 Å². The van der Waals surface area contributed by atoms with Gasteiger partial charge in [-0.1, -0.05) is 6.07 Å². The Labute approximate surface area is 179 Å². The standard InChI is InChI=1S/C19H23N5O4S2/c1-13(25)20-14-7-8-16(28-2)17(12-14)30(26,27)23-15(9-11-29-3)19-22-21-18-6-4-5-10-24(18)19/h4-8,10,12,15,23H,9,11H2,1-3H3,(H,20,25)/t15-/m0/s1. The molecule has 0 fully saturated rings. The number of carbonyl (C=O) groups is 1. The zero-order chi connectivity index (χ0) is 21.7. The maximum absolute atomic E-state index is 13.3. The highest BCUT2D eigenvalue weighted by Crippen LogP contribution is 2.29. The summed E-state index contributed by atoms with van der Waals surface area (Å²) < 4.78 is 36.3. The third-order valence-corrected chi connectivity index (χ3v) is 6.47. The predicted octanol–water partition coefficient (Wildman–Crippen LogP) is 2.47. The summed E-state index contributed by atoms with van der Waals surface area (Å²) in [6.45, 7) is 1.35. The smallest absolute Gasteiger partial charge is 0.244 e. The Morgan fingerprint density at radius 3 is 2.77 bits per heavy atom. The highest BCUT2D eigenvalue weighted by atomic mass is 32.2. The Morgan fingerprint density at radius 2 is 2.07 bits per heavy atom. The van der Waals surface area contributed by atoms with Crippen LogP contribution in [0.2, 0.25) is 0 Å². The molecular weight excluding hydrogens is 426 g/mol. The van der Waals surface area contributed by atoms with E-state index in [1.165, 1.54) is 26.2 Å². The highest BCUT2D eigenvalue weighted by molar-refractivity contribution is 7.98. The van der Waals surface area contributed by atoms with Crippen molar-refractivity contribution in [1.82, 2.24) is 19.3 Å². The molecule has 30 heavy (non-hydrogen) atoms. The van der Waals surface area contributed by atoms with Crippen molar-refractivity contribution in [3.05, 3.63) is 48.4 Å². The summed E-state index contributed by atoms with van der Waals surface area (Å²) in [4.78, 5) is 11.3. The molecule has 1 atom stereocenters. The maximum Gasteiger partial charge on any atom is 0.244 e. The summed E-state index contributed by atoms with van der Waals surface area (Å²) in [5.41, 5.74) is 0.989. The number of aromatic nitrogens is 3. The number of benzene rings is 1. The monoisotopic (exact) mass is 449 g/mol. The Balaban J connectivity index is 2.00. The van der Waals surface area contributed by atoms with Crippen LogP contribution < -0.4 is 14.8 Å². The molecule has 3 aromatic rings. The highest BCUT2D eigenvalue weighted by Gasteiger charge is 2.27. The van der Waals surface area contributed by atoms with Crippen LogP contribution in [0.1, 0.15) is 25.2 Å². The van der Waals surface area contributed by atoms with Crippen LogP contribution in [0, 0.1) is 0 Å². The van der Waals surface area contributed by atoms with E-state index in [2.05, 4.69) is 20.2 Å². The van der Waals surface area contributed by atoms with E-state index >= 15 is 0 Å². The fraction of sp³-hybridized carbons (Fsp3) is 0.316. The molecule has 0 aliphatic heterocycles. The average molecular weight is 450 g/mol. The number of nitrogens with zero attached hydrogens (tertiary/aromatic N) is 3. The van der Waals surface area contributed by atoms with Gasteiger partial charge < -0.3 is 10.1 Å². The second kappa shape index (κ2) is 9.45. The minimum atomic E-state index is -4.00. The Morgan fingerprint density at radius 1 is 1.27 bits per heavy atom. The van der Waals surface area contributed by atoms with E-state index in [0.717, 1.165) is 5.75 Å². The molecule has 0 unspecified atom stereocenters. The topological polar surface area (TPSA) is 115 Å². The van der Waals surface area contributed by atoms with Crippen LogP contribution in [0.3, 0.4) is 0 Å². The number of pyridine rings is 1. The number of amides is 1. The van der Waals surface area contributed by atoms with Crippen LogP contribution in [0.15, 0.2) is 47.5 Å². The van der Waals surface area contributed by atoms with Gasteiger partial charge in [-0.25, -0.2) is 13.1 Å². The summed E-state index contributed by atoms with van der Waals surface area (Å²) in [5.74, 6) is 1.09. The number of rotatable bonds is 9. The first-order valence-electron chi connectivity index (χ1n) is 9.12. The van der Waals surface area contributed by atoms with Crippen molar-refractivity contribution in [3.63, 3.8) is 0 Å². The quantitative estimate of drug-likeness (QED) is 0.516. The van der Waals surface area contributed by atoms with E-state index in [1.807, 2.05) is 18.4 Å². The van der Waals surface area contributed by atoms with Crippen LogP contribution in [0.25, 0.3) is 5.65 Å². The second-order valence-electron chi connectivity index (χ2n) is 6.49. The second-order valence-corrected chi connectivity index (χ2v) is 9.16. The first kappa shape index (κ1) is 22.1. The van der Waals surface area contributed by atoms with Crippen molar-refractivity contribution in [2.45, 2.75) is 24.3 Å². The van der Waals surface area contributed by atoms with Gasteiger partial charge >= 0.3 is 0 Å². The van der Waals surface area contributed by atoms with Crippen molar-refractivity contribution in [2.75, 3.05) is 24.4 Å². The van der Waals surface area contributed by atoms with Gasteiger partial charge in [-0.2, -0.15) is 11.8 Å².